The minimum absolute atomic E-state index is 0.0312. The molecule has 0 aliphatic heterocycles. The van der Waals surface area contributed by atoms with Crippen molar-refractivity contribution in [2.45, 2.75) is 25.6 Å². The van der Waals surface area contributed by atoms with Gasteiger partial charge in [-0.25, -0.2) is 0 Å². The number of carbonyl (C=O) groups excluding carboxylic acids is 1. The smallest absolute Gasteiger partial charge is 0.162 e. The Morgan fingerprint density at radius 3 is 2.25 bits per heavy atom. The molecule has 4 heteroatoms. The molecule has 88 valence electrons. The summed E-state index contributed by atoms with van der Waals surface area (Å²) in [6.07, 6.45) is -1.90. The highest BCUT2D eigenvalue weighted by atomic mass is 16.4. The zero-order valence-corrected chi connectivity index (χ0v) is 9.13. The molecule has 1 aromatic rings. The number of aliphatic hydroxyl groups excluding tert-OH is 3. The molecule has 16 heavy (non-hydrogen) atoms. The second kappa shape index (κ2) is 5.75. The van der Waals surface area contributed by atoms with Crippen molar-refractivity contribution in [1.29, 1.82) is 0 Å². The third-order valence-electron chi connectivity index (χ3n) is 2.45. The van der Waals surface area contributed by atoms with Crippen molar-refractivity contribution in [1.82, 2.24) is 0 Å². The summed E-state index contributed by atoms with van der Waals surface area (Å²) in [7, 11) is 0. The van der Waals surface area contributed by atoms with E-state index in [-0.39, 0.29) is 5.78 Å². The van der Waals surface area contributed by atoms with Crippen LogP contribution >= 0.6 is 0 Å². The van der Waals surface area contributed by atoms with Crippen LogP contribution in [0.25, 0.3) is 0 Å². The number of Topliss-reactive ketones (excluding diaryl/α,β-unsaturated/α-hetero) is 1. The second-order valence-corrected chi connectivity index (χ2v) is 3.59. The fourth-order valence-corrected chi connectivity index (χ4v) is 1.39. The zero-order valence-electron chi connectivity index (χ0n) is 9.13. The normalized spacial score (nSPS) is 14.5. The fraction of sp³-hybridized carbons (Fsp3) is 0.417. The molecule has 2 atom stereocenters. The molecule has 1 aromatic carbocycles. The molecule has 3 N–H and O–H groups in total. The lowest BCUT2D eigenvalue weighted by Gasteiger charge is -2.15. The van der Waals surface area contributed by atoms with Crippen molar-refractivity contribution < 1.29 is 20.1 Å². The fourth-order valence-electron chi connectivity index (χ4n) is 1.39. The lowest BCUT2D eigenvalue weighted by atomic mass is 10.0. The number of rotatable bonds is 5. The molecular weight excluding hydrogens is 208 g/mol. The highest BCUT2D eigenvalue weighted by Gasteiger charge is 2.17. The molecule has 0 spiro atoms. The molecule has 4 nitrogen and oxygen atoms in total. The Kier molecular flexibility index (Phi) is 4.61. The van der Waals surface area contributed by atoms with E-state index in [0.29, 0.717) is 17.5 Å². The molecule has 0 saturated heterocycles. The van der Waals surface area contributed by atoms with E-state index >= 15 is 0 Å². The molecule has 0 aromatic heterocycles. The first kappa shape index (κ1) is 12.8. The molecule has 0 bridgehead atoms. The summed E-state index contributed by atoms with van der Waals surface area (Å²) in [5.74, 6) is 0.0312. The van der Waals surface area contributed by atoms with Gasteiger partial charge in [-0.2, -0.15) is 0 Å². The molecule has 0 aliphatic carbocycles. The molecule has 2 unspecified atom stereocenters. The van der Waals surface area contributed by atoms with Crippen LogP contribution in [0.5, 0.6) is 0 Å². The van der Waals surface area contributed by atoms with Crippen LogP contribution in [0.15, 0.2) is 24.3 Å². The van der Waals surface area contributed by atoms with Gasteiger partial charge in [0.25, 0.3) is 0 Å². The van der Waals surface area contributed by atoms with Crippen molar-refractivity contribution in [3.05, 3.63) is 35.4 Å². The van der Waals surface area contributed by atoms with Gasteiger partial charge in [0.15, 0.2) is 5.78 Å². The number of hydrogen-bond acceptors (Lipinski definition) is 4. The molecule has 0 aliphatic rings. The van der Waals surface area contributed by atoms with Gasteiger partial charge in [0.1, 0.15) is 12.2 Å². The van der Waals surface area contributed by atoms with E-state index in [2.05, 4.69) is 0 Å². The monoisotopic (exact) mass is 224 g/mol. The minimum atomic E-state index is -1.20. The maximum Gasteiger partial charge on any atom is 0.162 e. The molecule has 0 heterocycles. The minimum Gasteiger partial charge on any atom is -0.394 e. The van der Waals surface area contributed by atoms with Crippen LogP contribution in [-0.4, -0.2) is 33.8 Å². The van der Waals surface area contributed by atoms with Crippen molar-refractivity contribution >= 4 is 5.78 Å². The van der Waals surface area contributed by atoms with Crippen molar-refractivity contribution in [2.75, 3.05) is 6.61 Å². The third kappa shape index (κ3) is 2.88. The van der Waals surface area contributed by atoms with Crippen molar-refractivity contribution in [3.63, 3.8) is 0 Å². The first-order valence-corrected chi connectivity index (χ1v) is 5.20. The van der Waals surface area contributed by atoms with Gasteiger partial charge in [-0.05, 0) is 5.56 Å². The van der Waals surface area contributed by atoms with E-state index in [1.807, 2.05) is 0 Å². The lowest BCUT2D eigenvalue weighted by Crippen LogP contribution is -2.22. The average Bonchev–Trinajstić information content (AvgIpc) is 2.36. The Morgan fingerprint density at radius 2 is 1.81 bits per heavy atom. The van der Waals surface area contributed by atoms with Gasteiger partial charge < -0.3 is 15.3 Å². The first-order valence-electron chi connectivity index (χ1n) is 5.20. The Morgan fingerprint density at radius 1 is 1.25 bits per heavy atom. The van der Waals surface area contributed by atoms with Crippen LogP contribution in [0.1, 0.15) is 35.4 Å². The topological polar surface area (TPSA) is 77.8 Å². The van der Waals surface area contributed by atoms with Gasteiger partial charge >= 0.3 is 0 Å². The summed E-state index contributed by atoms with van der Waals surface area (Å²) in [6, 6.07) is 6.36. The van der Waals surface area contributed by atoms with E-state index in [0.717, 1.165) is 0 Å². The van der Waals surface area contributed by atoms with Crippen LogP contribution in [0.4, 0.5) is 0 Å². The van der Waals surface area contributed by atoms with Gasteiger partial charge in [-0.1, -0.05) is 31.2 Å². The zero-order chi connectivity index (χ0) is 12.1. The molecule has 0 saturated carbocycles. The number of benzene rings is 1. The highest BCUT2D eigenvalue weighted by Crippen LogP contribution is 2.17. The SMILES string of the molecule is CCC(=O)c1ccc(C(O)C(O)CO)cc1. The van der Waals surface area contributed by atoms with Crippen LogP contribution in [0.3, 0.4) is 0 Å². The maximum atomic E-state index is 11.3. The van der Waals surface area contributed by atoms with Crippen LogP contribution in [-0.2, 0) is 0 Å². The Bertz CT molecular complexity index is 345. The van der Waals surface area contributed by atoms with E-state index in [1.165, 1.54) is 0 Å². The van der Waals surface area contributed by atoms with Crippen molar-refractivity contribution in [2.24, 2.45) is 0 Å². The molecular formula is C12H16O4. The summed E-state index contributed by atoms with van der Waals surface area (Å²) in [5.41, 5.74) is 1.06. The van der Waals surface area contributed by atoms with Crippen LogP contribution < -0.4 is 0 Å². The molecule has 0 radical (unpaired) electrons. The summed E-state index contributed by atoms with van der Waals surface area (Å²) in [4.78, 5) is 11.3. The molecule has 1 rings (SSSR count). The average molecular weight is 224 g/mol. The largest absolute Gasteiger partial charge is 0.394 e. The number of ketones is 1. The van der Waals surface area contributed by atoms with Gasteiger partial charge in [0, 0.05) is 12.0 Å². The van der Waals surface area contributed by atoms with E-state index in [4.69, 9.17) is 5.11 Å². The van der Waals surface area contributed by atoms with Gasteiger partial charge in [0.05, 0.1) is 6.61 Å². The number of aliphatic hydroxyl groups is 3. The summed E-state index contributed by atoms with van der Waals surface area (Å²) < 4.78 is 0. The number of hydrogen-bond donors (Lipinski definition) is 3. The van der Waals surface area contributed by atoms with E-state index < -0.39 is 18.8 Å². The first-order chi connectivity index (χ1) is 7.60. The predicted molar refractivity (Wildman–Crippen MR) is 59.1 cm³/mol. The quantitative estimate of drug-likeness (QED) is 0.642. The molecule has 0 fully saturated rings. The maximum absolute atomic E-state index is 11.3. The van der Waals surface area contributed by atoms with E-state index in [9.17, 15) is 15.0 Å². The van der Waals surface area contributed by atoms with Gasteiger partial charge in [-0.15, -0.1) is 0 Å². The Labute approximate surface area is 94.2 Å². The standard InChI is InChI=1S/C12H16O4/c1-2-10(14)8-3-5-9(6-4-8)12(16)11(15)7-13/h3-6,11-13,15-16H,2,7H2,1H3. The van der Waals surface area contributed by atoms with Crippen LogP contribution in [0, 0.1) is 0 Å². The predicted octanol–water partition coefficient (Wildman–Crippen LogP) is 0.666. The molecule has 0 amide bonds. The van der Waals surface area contributed by atoms with Gasteiger partial charge in [-0.3, -0.25) is 4.79 Å². The Balaban J connectivity index is 2.82. The van der Waals surface area contributed by atoms with Crippen LogP contribution in [0.2, 0.25) is 0 Å². The summed E-state index contributed by atoms with van der Waals surface area (Å²) >= 11 is 0. The Hall–Kier alpha value is -1.23. The highest BCUT2D eigenvalue weighted by molar-refractivity contribution is 5.95. The number of carbonyl (C=O) groups is 1. The second-order valence-electron chi connectivity index (χ2n) is 3.59. The third-order valence-corrected chi connectivity index (χ3v) is 2.45. The lowest BCUT2D eigenvalue weighted by molar-refractivity contribution is -0.0152. The summed E-state index contributed by atoms with van der Waals surface area (Å²) in [6.45, 7) is 1.28. The van der Waals surface area contributed by atoms with E-state index in [1.54, 1.807) is 31.2 Å². The van der Waals surface area contributed by atoms with Gasteiger partial charge in [0.2, 0.25) is 0 Å². The summed E-state index contributed by atoms with van der Waals surface area (Å²) in [5, 5.41) is 27.5. The van der Waals surface area contributed by atoms with Crippen molar-refractivity contribution in [3.8, 4) is 0 Å².